The summed E-state index contributed by atoms with van der Waals surface area (Å²) in [6, 6.07) is 0. The lowest BCUT2D eigenvalue weighted by atomic mass is 10.4. The van der Waals surface area contributed by atoms with Crippen molar-refractivity contribution >= 4 is 19.9 Å². The SMILES string of the molecule is O=S(=O)(Cl)N(CC1CC1)CC1CC1. The van der Waals surface area contributed by atoms with Gasteiger partial charge in [0.15, 0.2) is 0 Å². The first-order valence-corrected chi connectivity index (χ1v) is 7.02. The summed E-state index contributed by atoms with van der Waals surface area (Å²) in [6.45, 7) is 1.28. The molecule has 0 spiro atoms. The van der Waals surface area contributed by atoms with Crippen LogP contribution in [0.5, 0.6) is 0 Å². The van der Waals surface area contributed by atoms with Crippen LogP contribution < -0.4 is 0 Å². The van der Waals surface area contributed by atoms with E-state index in [9.17, 15) is 8.42 Å². The maximum absolute atomic E-state index is 11.1. The lowest BCUT2D eigenvalue weighted by Crippen LogP contribution is -2.31. The summed E-state index contributed by atoms with van der Waals surface area (Å²) in [7, 11) is 1.87. The molecule has 2 saturated carbocycles. The molecule has 0 aliphatic heterocycles. The van der Waals surface area contributed by atoms with Crippen molar-refractivity contribution in [2.24, 2.45) is 11.8 Å². The summed E-state index contributed by atoms with van der Waals surface area (Å²) in [5.41, 5.74) is 0. The van der Waals surface area contributed by atoms with Crippen LogP contribution in [0, 0.1) is 11.8 Å². The molecule has 0 atom stereocenters. The minimum Gasteiger partial charge on any atom is -0.195 e. The van der Waals surface area contributed by atoms with E-state index in [1.54, 1.807) is 0 Å². The Morgan fingerprint density at radius 3 is 1.69 bits per heavy atom. The quantitative estimate of drug-likeness (QED) is 0.664. The van der Waals surface area contributed by atoms with Gasteiger partial charge in [-0.05, 0) is 37.5 Å². The molecule has 0 aromatic heterocycles. The zero-order valence-corrected chi connectivity index (χ0v) is 9.02. The van der Waals surface area contributed by atoms with E-state index in [4.69, 9.17) is 10.7 Å². The number of hydrogen-bond acceptors (Lipinski definition) is 2. The second-order valence-electron chi connectivity index (χ2n) is 4.15. The standard InChI is InChI=1S/C8H14ClNO2S/c9-13(11,12)10(5-7-1-2-7)6-8-3-4-8/h7-8H,1-6H2. The Labute approximate surface area is 83.6 Å². The zero-order chi connectivity index (χ0) is 9.47. The predicted molar refractivity (Wildman–Crippen MR) is 51.8 cm³/mol. The maximum atomic E-state index is 11.1. The molecule has 0 aromatic rings. The van der Waals surface area contributed by atoms with Gasteiger partial charge in [-0.15, -0.1) is 0 Å². The highest BCUT2D eigenvalue weighted by Gasteiger charge is 2.33. The monoisotopic (exact) mass is 223 g/mol. The molecule has 0 N–H and O–H groups in total. The minimum atomic E-state index is -3.47. The van der Waals surface area contributed by atoms with Crippen molar-refractivity contribution in [2.45, 2.75) is 25.7 Å². The third kappa shape index (κ3) is 3.11. The molecule has 0 radical (unpaired) electrons. The van der Waals surface area contributed by atoms with E-state index < -0.39 is 9.24 Å². The van der Waals surface area contributed by atoms with Crippen LogP contribution in [0.1, 0.15) is 25.7 Å². The molecule has 0 saturated heterocycles. The summed E-state index contributed by atoms with van der Waals surface area (Å²) in [5.74, 6) is 1.15. The average Bonchev–Trinajstić information content (AvgIpc) is 2.76. The lowest BCUT2D eigenvalue weighted by molar-refractivity contribution is 0.391. The molecular weight excluding hydrogens is 210 g/mol. The first-order chi connectivity index (χ1) is 6.05. The Balaban J connectivity index is 1.91. The molecule has 76 valence electrons. The van der Waals surface area contributed by atoms with Crippen LogP contribution in [0.15, 0.2) is 0 Å². The van der Waals surface area contributed by atoms with Crippen LogP contribution in [-0.2, 0) is 9.24 Å². The van der Waals surface area contributed by atoms with E-state index in [2.05, 4.69) is 0 Å². The van der Waals surface area contributed by atoms with Gasteiger partial charge in [-0.2, -0.15) is 12.7 Å². The summed E-state index contributed by atoms with van der Waals surface area (Å²) >= 11 is 0. The number of halogens is 1. The number of nitrogens with zero attached hydrogens (tertiary/aromatic N) is 1. The summed E-state index contributed by atoms with van der Waals surface area (Å²) < 4.78 is 23.7. The lowest BCUT2D eigenvalue weighted by Gasteiger charge is -2.17. The van der Waals surface area contributed by atoms with Gasteiger partial charge in [0.05, 0.1) is 0 Å². The van der Waals surface area contributed by atoms with Gasteiger partial charge < -0.3 is 0 Å². The van der Waals surface area contributed by atoms with Crippen LogP contribution in [0.25, 0.3) is 0 Å². The third-order valence-corrected chi connectivity index (χ3v) is 4.13. The highest BCUT2D eigenvalue weighted by Crippen LogP contribution is 2.35. The van der Waals surface area contributed by atoms with E-state index in [0.717, 1.165) is 25.7 Å². The van der Waals surface area contributed by atoms with Gasteiger partial charge in [-0.1, -0.05) is 0 Å². The second kappa shape index (κ2) is 3.41. The molecule has 2 aliphatic rings. The first-order valence-electron chi connectivity index (χ1n) is 4.75. The topological polar surface area (TPSA) is 37.4 Å². The van der Waals surface area contributed by atoms with Gasteiger partial charge in [0.25, 0.3) is 9.24 Å². The maximum Gasteiger partial charge on any atom is 0.299 e. The van der Waals surface area contributed by atoms with Crippen molar-refractivity contribution in [1.82, 2.24) is 4.31 Å². The summed E-state index contributed by atoms with van der Waals surface area (Å²) in [4.78, 5) is 0. The fourth-order valence-corrected chi connectivity index (χ4v) is 2.55. The van der Waals surface area contributed by atoms with Crippen LogP contribution in [0.4, 0.5) is 0 Å². The Bertz CT molecular complexity index is 269. The van der Waals surface area contributed by atoms with Crippen molar-refractivity contribution in [3.63, 3.8) is 0 Å². The first kappa shape index (κ1) is 9.74. The van der Waals surface area contributed by atoms with E-state index in [1.165, 1.54) is 4.31 Å². The van der Waals surface area contributed by atoms with Gasteiger partial charge in [-0.25, -0.2) is 0 Å². The summed E-state index contributed by atoms with van der Waals surface area (Å²) in [6.07, 6.45) is 4.64. The smallest absolute Gasteiger partial charge is 0.195 e. The molecule has 2 aliphatic carbocycles. The number of hydrogen-bond donors (Lipinski definition) is 0. The van der Waals surface area contributed by atoms with Crippen LogP contribution >= 0.6 is 10.7 Å². The average molecular weight is 224 g/mol. The van der Waals surface area contributed by atoms with Crippen molar-refractivity contribution in [2.75, 3.05) is 13.1 Å². The van der Waals surface area contributed by atoms with E-state index >= 15 is 0 Å². The fourth-order valence-electron chi connectivity index (χ4n) is 1.43. The van der Waals surface area contributed by atoms with Crippen LogP contribution in [0.2, 0.25) is 0 Å². The molecule has 2 fully saturated rings. The molecule has 5 heteroatoms. The third-order valence-electron chi connectivity index (χ3n) is 2.63. The van der Waals surface area contributed by atoms with Gasteiger partial charge >= 0.3 is 0 Å². The highest BCUT2D eigenvalue weighted by atomic mass is 35.7. The largest absolute Gasteiger partial charge is 0.299 e. The predicted octanol–water partition coefficient (Wildman–Crippen LogP) is 1.59. The Kier molecular flexibility index (Phi) is 2.55. The molecule has 13 heavy (non-hydrogen) atoms. The fraction of sp³-hybridized carbons (Fsp3) is 1.00. The molecule has 2 rings (SSSR count). The van der Waals surface area contributed by atoms with E-state index in [0.29, 0.717) is 24.9 Å². The zero-order valence-electron chi connectivity index (χ0n) is 7.45. The van der Waals surface area contributed by atoms with Gasteiger partial charge in [0, 0.05) is 23.8 Å². The van der Waals surface area contributed by atoms with Crippen LogP contribution in [-0.4, -0.2) is 25.8 Å². The van der Waals surface area contributed by atoms with Crippen molar-refractivity contribution in [3.8, 4) is 0 Å². The molecule has 0 unspecified atom stereocenters. The van der Waals surface area contributed by atoms with Crippen molar-refractivity contribution in [1.29, 1.82) is 0 Å². The minimum absolute atomic E-state index is 0.576. The Morgan fingerprint density at radius 1 is 1.08 bits per heavy atom. The highest BCUT2D eigenvalue weighted by molar-refractivity contribution is 8.11. The van der Waals surface area contributed by atoms with Crippen molar-refractivity contribution in [3.05, 3.63) is 0 Å². The Morgan fingerprint density at radius 2 is 1.46 bits per heavy atom. The Hall–Kier alpha value is 0.200. The summed E-state index contributed by atoms with van der Waals surface area (Å²) in [5, 5.41) is 0. The van der Waals surface area contributed by atoms with Crippen LogP contribution in [0.3, 0.4) is 0 Å². The van der Waals surface area contributed by atoms with Crippen molar-refractivity contribution < 1.29 is 8.42 Å². The number of rotatable bonds is 5. The molecule has 3 nitrogen and oxygen atoms in total. The molecule has 0 amide bonds. The van der Waals surface area contributed by atoms with Gasteiger partial charge in [-0.3, -0.25) is 0 Å². The molecule has 0 heterocycles. The second-order valence-corrected chi connectivity index (χ2v) is 6.66. The molecule has 0 aromatic carbocycles. The van der Waals surface area contributed by atoms with E-state index in [-0.39, 0.29) is 0 Å². The van der Waals surface area contributed by atoms with Gasteiger partial charge in [0.2, 0.25) is 0 Å². The van der Waals surface area contributed by atoms with Gasteiger partial charge in [0.1, 0.15) is 0 Å². The normalized spacial score (nSPS) is 23.8. The van der Waals surface area contributed by atoms with E-state index in [1.807, 2.05) is 0 Å². The molecular formula is C8H14ClNO2S. The molecule has 0 bridgehead atoms.